The van der Waals surface area contributed by atoms with Gasteiger partial charge in [-0.05, 0) is 49.7 Å². The zero-order valence-corrected chi connectivity index (χ0v) is 16.0. The van der Waals surface area contributed by atoms with Crippen LogP contribution in [0.2, 0.25) is 5.15 Å². The Balaban J connectivity index is 1.57. The summed E-state index contributed by atoms with van der Waals surface area (Å²) in [6.45, 7) is 1.83. The average molecular weight is 402 g/mol. The zero-order chi connectivity index (χ0) is 19.2. The molecule has 1 saturated carbocycles. The minimum absolute atomic E-state index is 0.0407. The predicted octanol–water partition coefficient (Wildman–Crippen LogP) is 3.20. The molecule has 1 aliphatic carbocycles. The molecule has 0 saturated heterocycles. The van der Waals surface area contributed by atoms with Crippen LogP contribution < -0.4 is 4.72 Å². The molecule has 1 N–H and O–H groups in total. The predicted molar refractivity (Wildman–Crippen MR) is 102 cm³/mol. The van der Waals surface area contributed by atoms with E-state index in [0.717, 1.165) is 5.69 Å². The molecule has 0 bridgehead atoms. The summed E-state index contributed by atoms with van der Waals surface area (Å²) >= 11 is 5.88. The number of nitrogens with zero attached hydrogens (tertiary/aromatic N) is 2. The van der Waals surface area contributed by atoms with Gasteiger partial charge in [-0.25, -0.2) is 18.1 Å². The quantitative estimate of drug-likeness (QED) is 0.678. The van der Waals surface area contributed by atoms with E-state index in [2.05, 4.69) is 14.7 Å². The number of hydrogen-bond donors (Lipinski definition) is 1. The maximum Gasteiger partial charge on any atom is 0.264 e. The molecule has 3 aromatic rings. The third-order valence-electron chi connectivity index (χ3n) is 4.60. The van der Waals surface area contributed by atoms with E-state index in [1.54, 1.807) is 42.5 Å². The molecule has 0 spiro atoms. The molecular weight excluding hydrogens is 386 g/mol. The Hall–Kier alpha value is -2.51. The summed E-state index contributed by atoms with van der Waals surface area (Å²) in [4.78, 5) is 21.1. The van der Waals surface area contributed by atoms with Crippen LogP contribution in [0.1, 0.15) is 23.7 Å². The number of aromatic nitrogens is 2. The van der Waals surface area contributed by atoms with E-state index in [1.807, 2.05) is 6.92 Å². The van der Waals surface area contributed by atoms with E-state index >= 15 is 0 Å². The van der Waals surface area contributed by atoms with Crippen LogP contribution in [0.5, 0.6) is 0 Å². The molecule has 4 rings (SSSR count). The molecule has 1 amide bonds. The summed E-state index contributed by atoms with van der Waals surface area (Å²) in [5, 5.41) is 0.831. The van der Waals surface area contributed by atoms with E-state index in [-0.39, 0.29) is 10.8 Å². The van der Waals surface area contributed by atoms with Gasteiger partial charge in [0.2, 0.25) is 5.91 Å². The molecule has 0 aliphatic heterocycles. The number of carbonyl (C=O) groups is 1. The molecule has 1 unspecified atom stereocenters. The number of aryl methyl sites for hydroxylation is 1. The SMILES string of the molecule is Cc1ccc2c(S(=O)(=O)NC(=O)C3C[C@H]3c3cccc(Cl)n3)cccc2n1. The third-order valence-corrected chi connectivity index (χ3v) is 6.21. The van der Waals surface area contributed by atoms with Gasteiger partial charge in [0.15, 0.2) is 0 Å². The van der Waals surface area contributed by atoms with Crippen LogP contribution in [0.25, 0.3) is 10.9 Å². The minimum Gasteiger partial charge on any atom is -0.274 e. The Labute approximate surface area is 161 Å². The molecule has 138 valence electrons. The van der Waals surface area contributed by atoms with Crippen molar-refractivity contribution in [3.8, 4) is 0 Å². The number of nitrogens with one attached hydrogen (secondary N) is 1. The summed E-state index contributed by atoms with van der Waals surface area (Å²) in [6.07, 6.45) is 0.547. The molecule has 8 heteroatoms. The summed E-state index contributed by atoms with van der Waals surface area (Å²) < 4.78 is 27.7. The summed E-state index contributed by atoms with van der Waals surface area (Å²) in [5.74, 6) is -1.07. The normalized spacial score (nSPS) is 19.0. The Morgan fingerprint density at radius 2 is 1.89 bits per heavy atom. The van der Waals surface area contributed by atoms with Gasteiger partial charge in [0.05, 0.1) is 10.4 Å². The lowest BCUT2D eigenvalue weighted by Gasteiger charge is -2.10. The Bertz CT molecular complexity index is 1160. The lowest BCUT2D eigenvalue weighted by molar-refractivity contribution is -0.120. The van der Waals surface area contributed by atoms with Gasteiger partial charge in [0, 0.05) is 28.6 Å². The molecular formula is C19H16ClN3O3S. The van der Waals surface area contributed by atoms with Crippen LogP contribution >= 0.6 is 11.6 Å². The fraction of sp³-hybridized carbons (Fsp3) is 0.211. The van der Waals surface area contributed by atoms with Crippen molar-refractivity contribution in [3.05, 3.63) is 65.1 Å². The topological polar surface area (TPSA) is 89.0 Å². The first-order valence-corrected chi connectivity index (χ1v) is 10.3. The number of benzene rings is 1. The highest BCUT2D eigenvalue weighted by atomic mass is 35.5. The zero-order valence-electron chi connectivity index (χ0n) is 14.4. The number of fused-ring (bicyclic) bond motifs is 1. The molecule has 1 aliphatic rings. The van der Waals surface area contributed by atoms with Gasteiger partial charge in [0.25, 0.3) is 10.0 Å². The van der Waals surface area contributed by atoms with Gasteiger partial charge >= 0.3 is 0 Å². The maximum atomic E-state index is 12.8. The van der Waals surface area contributed by atoms with Gasteiger partial charge in [0.1, 0.15) is 5.15 Å². The van der Waals surface area contributed by atoms with Crippen molar-refractivity contribution < 1.29 is 13.2 Å². The number of hydrogen-bond acceptors (Lipinski definition) is 5. The fourth-order valence-corrected chi connectivity index (χ4v) is 4.58. The molecule has 2 atom stereocenters. The van der Waals surface area contributed by atoms with Crippen molar-refractivity contribution in [2.45, 2.75) is 24.2 Å². The van der Waals surface area contributed by atoms with Crippen LogP contribution in [0, 0.1) is 12.8 Å². The second kappa shape index (κ2) is 6.58. The van der Waals surface area contributed by atoms with Crippen molar-refractivity contribution in [3.63, 3.8) is 0 Å². The largest absolute Gasteiger partial charge is 0.274 e. The van der Waals surface area contributed by atoms with Crippen molar-refractivity contribution in [1.29, 1.82) is 0 Å². The second-order valence-electron chi connectivity index (χ2n) is 6.58. The Morgan fingerprint density at radius 1 is 1.11 bits per heavy atom. The first-order chi connectivity index (χ1) is 12.8. The third kappa shape index (κ3) is 3.52. The van der Waals surface area contributed by atoms with Crippen molar-refractivity contribution >= 4 is 38.4 Å². The van der Waals surface area contributed by atoms with E-state index in [9.17, 15) is 13.2 Å². The highest BCUT2D eigenvalue weighted by molar-refractivity contribution is 7.90. The van der Waals surface area contributed by atoms with Gasteiger partial charge in [-0.3, -0.25) is 9.78 Å². The smallest absolute Gasteiger partial charge is 0.264 e. The number of sulfonamides is 1. The highest BCUT2D eigenvalue weighted by Crippen LogP contribution is 2.47. The Morgan fingerprint density at radius 3 is 2.67 bits per heavy atom. The molecule has 0 radical (unpaired) electrons. The molecule has 2 heterocycles. The van der Waals surface area contributed by atoms with Crippen LogP contribution in [-0.2, 0) is 14.8 Å². The number of halogens is 1. The van der Waals surface area contributed by atoms with Crippen molar-refractivity contribution in [1.82, 2.24) is 14.7 Å². The van der Waals surface area contributed by atoms with Gasteiger partial charge < -0.3 is 0 Å². The molecule has 6 nitrogen and oxygen atoms in total. The van der Waals surface area contributed by atoms with Crippen LogP contribution in [0.4, 0.5) is 0 Å². The minimum atomic E-state index is -4.00. The fourth-order valence-electron chi connectivity index (χ4n) is 3.17. The van der Waals surface area contributed by atoms with E-state index in [1.165, 1.54) is 6.07 Å². The van der Waals surface area contributed by atoms with Gasteiger partial charge in [-0.1, -0.05) is 23.7 Å². The maximum absolute atomic E-state index is 12.8. The van der Waals surface area contributed by atoms with E-state index in [4.69, 9.17) is 11.6 Å². The first-order valence-electron chi connectivity index (χ1n) is 8.41. The van der Waals surface area contributed by atoms with E-state index < -0.39 is 21.8 Å². The Kier molecular flexibility index (Phi) is 4.36. The van der Waals surface area contributed by atoms with Crippen LogP contribution in [0.15, 0.2) is 53.4 Å². The first kappa shape index (κ1) is 17.9. The number of pyridine rings is 2. The molecule has 1 aromatic carbocycles. The standard InChI is InChI=1S/C19H16ClN3O3S/c1-11-8-9-12-15(21-11)4-2-6-17(12)27(25,26)23-19(24)14-10-13(14)16-5-3-7-18(20)22-16/h2-9,13-14H,10H2,1H3,(H,23,24)/t13-,14?/m1/s1. The summed E-state index contributed by atoms with van der Waals surface area (Å²) in [6, 6.07) is 13.5. The van der Waals surface area contributed by atoms with Crippen molar-refractivity contribution in [2.75, 3.05) is 0 Å². The second-order valence-corrected chi connectivity index (χ2v) is 8.62. The molecule has 2 aromatic heterocycles. The van der Waals surface area contributed by atoms with E-state index in [0.29, 0.717) is 28.2 Å². The number of carbonyl (C=O) groups excluding carboxylic acids is 1. The van der Waals surface area contributed by atoms with Gasteiger partial charge in [-0.2, -0.15) is 0 Å². The summed E-state index contributed by atoms with van der Waals surface area (Å²) in [5.41, 5.74) is 2.05. The summed E-state index contributed by atoms with van der Waals surface area (Å²) in [7, 11) is -4.00. The molecule has 27 heavy (non-hydrogen) atoms. The monoisotopic (exact) mass is 401 g/mol. The highest BCUT2D eigenvalue weighted by Gasteiger charge is 2.46. The average Bonchev–Trinajstić information content (AvgIpc) is 3.41. The lowest BCUT2D eigenvalue weighted by Crippen LogP contribution is -2.32. The van der Waals surface area contributed by atoms with Crippen LogP contribution in [-0.4, -0.2) is 24.3 Å². The van der Waals surface area contributed by atoms with Gasteiger partial charge in [-0.15, -0.1) is 0 Å². The number of amides is 1. The van der Waals surface area contributed by atoms with Crippen molar-refractivity contribution in [2.24, 2.45) is 5.92 Å². The van der Waals surface area contributed by atoms with Crippen LogP contribution in [0.3, 0.4) is 0 Å². The lowest BCUT2D eigenvalue weighted by atomic mass is 10.2. The molecule has 1 fully saturated rings. The number of rotatable bonds is 4.